The molecule has 0 nitrogen and oxygen atoms in total. The molecule has 0 saturated heterocycles. The van der Waals surface area contributed by atoms with E-state index < -0.39 is 0 Å². The van der Waals surface area contributed by atoms with Crippen LogP contribution in [0.3, 0.4) is 0 Å². The fourth-order valence-electron chi connectivity index (χ4n) is 2.72. The first-order valence-electron chi connectivity index (χ1n) is 7.80. The van der Waals surface area contributed by atoms with Gasteiger partial charge in [-0.15, -0.1) is 46.2 Å². The van der Waals surface area contributed by atoms with Gasteiger partial charge >= 0.3 is 30.2 Å². The minimum absolute atomic E-state index is 0. The van der Waals surface area contributed by atoms with E-state index in [1.807, 2.05) is 0 Å². The zero-order valence-electron chi connectivity index (χ0n) is 15.6. The van der Waals surface area contributed by atoms with E-state index >= 15 is 0 Å². The summed E-state index contributed by atoms with van der Waals surface area (Å²) < 4.78 is 0. The minimum Gasteiger partial charge on any atom is -0.126 e. The molecule has 25 heavy (non-hydrogen) atoms. The van der Waals surface area contributed by atoms with Crippen molar-refractivity contribution in [2.24, 2.45) is 5.92 Å². The largest absolute Gasteiger partial charge is 0.126 e. The molecule has 4 rings (SSSR count). The van der Waals surface area contributed by atoms with Crippen LogP contribution in [0.1, 0.15) is 20.3 Å². The maximum absolute atomic E-state index is 3.14. The van der Waals surface area contributed by atoms with Crippen molar-refractivity contribution in [3.63, 3.8) is 0 Å². The molecule has 1 aliphatic rings. The molecule has 0 bridgehead atoms. The summed E-state index contributed by atoms with van der Waals surface area (Å²) >= 11 is 1.36. The van der Waals surface area contributed by atoms with Crippen LogP contribution in [0.5, 0.6) is 0 Å². The Labute approximate surface area is 170 Å². The van der Waals surface area contributed by atoms with Gasteiger partial charge < -0.3 is 14.9 Å². The molecular formula is C23H26SiZr-4. The maximum atomic E-state index is 3.14. The third-order valence-corrected chi connectivity index (χ3v) is 3.91. The van der Waals surface area contributed by atoms with E-state index in [9.17, 15) is 0 Å². The van der Waals surface area contributed by atoms with Gasteiger partial charge in [-0.3, -0.25) is 6.08 Å². The van der Waals surface area contributed by atoms with Crippen LogP contribution in [0.2, 0.25) is 0 Å². The molecule has 0 spiro atoms. The van der Waals surface area contributed by atoms with Crippen molar-refractivity contribution in [2.75, 3.05) is 0 Å². The quantitative estimate of drug-likeness (QED) is 0.308. The van der Waals surface area contributed by atoms with E-state index in [-0.39, 0.29) is 14.9 Å². The average Bonchev–Trinajstić information content (AvgIpc) is 3.25. The van der Waals surface area contributed by atoms with E-state index in [2.05, 4.69) is 93.6 Å². The van der Waals surface area contributed by atoms with E-state index in [0.717, 1.165) is 6.42 Å². The normalized spacial score (nSPS) is 11.5. The van der Waals surface area contributed by atoms with Gasteiger partial charge in [0.15, 0.2) is 0 Å². The van der Waals surface area contributed by atoms with Gasteiger partial charge in [0.1, 0.15) is 0 Å². The van der Waals surface area contributed by atoms with Crippen LogP contribution in [0, 0.1) is 26.8 Å². The van der Waals surface area contributed by atoms with Crippen LogP contribution >= 0.6 is 0 Å². The summed E-state index contributed by atoms with van der Waals surface area (Å²) in [5, 5.41) is 5.39. The molecule has 3 aromatic carbocycles. The summed E-state index contributed by atoms with van der Waals surface area (Å²) in [4.78, 5) is 0. The Balaban J connectivity index is 0.000000423. The van der Waals surface area contributed by atoms with Crippen molar-refractivity contribution in [3.05, 3.63) is 93.3 Å². The van der Waals surface area contributed by atoms with Crippen LogP contribution in [0.25, 0.3) is 21.5 Å². The molecular weight excluding hydrogens is 396 g/mol. The molecule has 2 heteroatoms. The fourth-order valence-corrected chi connectivity index (χ4v) is 2.72. The summed E-state index contributed by atoms with van der Waals surface area (Å²) in [6.07, 6.45) is 8.47. The molecule has 130 valence electrons. The van der Waals surface area contributed by atoms with Crippen LogP contribution in [0.4, 0.5) is 0 Å². The van der Waals surface area contributed by atoms with Gasteiger partial charge in [-0.05, 0) is 0 Å². The Bertz CT molecular complexity index is 774. The second-order valence-corrected chi connectivity index (χ2v) is 5.73. The number of rotatable bonds is 1. The zero-order valence-corrected chi connectivity index (χ0v) is 19.1. The number of benzene rings is 2. The Morgan fingerprint density at radius 1 is 0.920 bits per heavy atom. The van der Waals surface area contributed by atoms with Crippen LogP contribution in [-0.2, 0) is 23.3 Å². The molecule has 0 N–H and O–H groups in total. The predicted molar refractivity (Wildman–Crippen MR) is 111 cm³/mol. The molecule has 0 aliphatic heterocycles. The zero-order chi connectivity index (χ0) is 16.7. The van der Waals surface area contributed by atoms with E-state index in [1.165, 1.54) is 50.5 Å². The van der Waals surface area contributed by atoms with Crippen molar-refractivity contribution in [1.82, 2.24) is 0 Å². The first kappa shape index (κ1) is 23.9. The fraction of sp³-hybridized carbons (Fsp3) is 0.174. The summed E-state index contributed by atoms with van der Waals surface area (Å²) in [7, 11) is 0. The molecule has 2 radical (unpaired) electrons. The van der Waals surface area contributed by atoms with Crippen LogP contribution in [-0.4, -0.2) is 6.88 Å². The molecule has 0 unspecified atom stereocenters. The molecule has 1 aliphatic carbocycles. The van der Waals surface area contributed by atoms with E-state index in [1.54, 1.807) is 0 Å². The predicted octanol–water partition coefficient (Wildman–Crippen LogP) is 6.56. The number of fused-ring (bicyclic) bond motifs is 3. The van der Waals surface area contributed by atoms with Gasteiger partial charge in [0.25, 0.3) is 0 Å². The second-order valence-electron chi connectivity index (χ2n) is 5.73. The van der Waals surface area contributed by atoms with E-state index in [0.29, 0.717) is 5.92 Å². The molecule has 3 aromatic rings. The van der Waals surface area contributed by atoms with Crippen molar-refractivity contribution < 1.29 is 23.3 Å². The molecule has 0 amide bonds. The number of hydrogen-bond donors (Lipinski definition) is 0. The van der Waals surface area contributed by atoms with Gasteiger partial charge in [-0.1, -0.05) is 56.2 Å². The molecule has 0 aromatic heterocycles. The number of allylic oxidation sites excluding steroid dienone is 4. The Kier molecular flexibility index (Phi) is 11.7. The smallest absolute Gasteiger partial charge is 0.0771 e. The average molecular weight is 422 g/mol. The maximum Gasteiger partial charge on any atom is -0.0771 e. The van der Waals surface area contributed by atoms with Gasteiger partial charge in [0.05, 0.1) is 0 Å². The first-order valence-corrected chi connectivity index (χ1v) is 12.0. The van der Waals surface area contributed by atoms with Crippen molar-refractivity contribution in [1.29, 1.82) is 0 Å². The standard InChI is InChI=1S/C13H9.C8H11.2CH3.Si.Zr/c1-3-7-12-10(5-1)9-11-6-2-4-8-13(11)12;1-7(2)8-5-3-4-6-8;;;;/h1-9H;5-7H,3H2,1-2H3;2*1H3;;/q4*-1;;. The summed E-state index contributed by atoms with van der Waals surface area (Å²) in [6, 6.07) is 19.3. The van der Waals surface area contributed by atoms with Gasteiger partial charge in [0.2, 0.25) is 0 Å². The molecule has 0 heterocycles. The molecule has 0 fully saturated rings. The third-order valence-electron chi connectivity index (χ3n) is 3.91. The Morgan fingerprint density at radius 2 is 1.40 bits per heavy atom. The van der Waals surface area contributed by atoms with Crippen LogP contribution in [0.15, 0.2) is 72.3 Å². The monoisotopic (exact) mass is 420 g/mol. The summed E-state index contributed by atoms with van der Waals surface area (Å²) in [5.74, 6) is 0.685. The molecule has 0 saturated carbocycles. The Hall–Kier alpha value is -1.11. The van der Waals surface area contributed by atoms with E-state index in [4.69, 9.17) is 0 Å². The van der Waals surface area contributed by atoms with Crippen molar-refractivity contribution in [3.8, 4) is 0 Å². The summed E-state index contributed by atoms with van der Waals surface area (Å²) in [5.41, 5.74) is 1.44. The first-order chi connectivity index (χ1) is 11.3. The SMILES string of the molecule is CC(C)C1=CC[C-]=C1.[CH3-].[CH3-].[Si]=[Zr].c1ccc2c(c1)[cH-]c1ccccc12. The summed E-state index contributed by atoms with van der Waals surface area (Å²) in [6.45, 7) is 7.47. The van der Waals surface area contributed by atoms with Gasteiger partial charge in [-0.2, -0.15) is 11.6 Å². The Morgan fingerprint density at radius 3 is 1.76 bits per heavy atom. The van der Waals surface area contributed by atoms with Crippen molar-refractivity contribution in [2.45, 2.75) is 20.3 Å². The van der Waals surface area contributed by atoms with Crippen molar-refractivity contribution >= 4 is 28.4 Å². The second kappa shape index (κ2) is 12.3. The van der Waals surface area contributed by atoms with Crippen LogP contribution < -0.4 is 0 Å². The third kappa shape index (κ3) is 6.28. The number of hydrogen-bond acceptors (Lipinski definition) is 0. The van der Waals surface area contributed by atoms with Gasteiger partial charge in [0, 0.05) is 0 Å². The van der Waals surface area contributed by atoms with Gasteiger partial charge in [-0.25, -0.2) is 6.08 Å². The topological polar surface area (TPSA) is 0 Å². The molecule has 0 atom stereocenters. The minimum atomic E-state index is 0.